The SMILES string of the molecule is COC(=O)NC(C(=O)NN(Cc1ccc(-c2nnn(C)n2)cc1)C[C@H](O)[C@H](Cc1ccc(OC)cc1)NC(=O)O[C@H]1CO[C@H]2OCC[C@H]21)C(C)(C)C. The Balaban J connectivity index is 1.37. The molecule has 3 amide bonds. The van der Waals surface area contributed by atoms with Crippen LogP contribution in [0.3, 0.4) is 0 Å². The van der Waals surface area contributed by atoms with E-state index in [1.807, 2.05) is 36.4 Å². The van der Waals surface area contributed by atoms with E-state index in [4.69, 9.17) is 23.7 Å². The fourth-order valence-corrected chi connectivity index (χ4v) is 6.12. The number of methoxy groups -OCH3 is 2. The van der Waals surface area contributed by atoms with Crippen molar-refractivity contribution in [3.8, 4) is 17.1 Å². The normalized spacial score (nSPS) is 20.0. The van der Waals surface area contributed by atoms with Crippen LogP contribution in [0.1, 0.15) is 38.3 Å². The van der Waals surface area contributed by atoms with Gasteiger partial charge < -0.3 is 39.4 Å². The number of carbonyl (C=O) groups excluding carboxylic acids is 3. The van der Waals surface area contributed by atoms with Crippen LogP contribution in [0.2, 0.25) is 0 Å². The smallest absolute Gasteiger partial charge is 0.407 e. The Kier molecular flexibility index (Phi) is 12.6. The van der Waals surface area contributed by atoms with Crippen LogP contribution in [0.25, 0.3) is 11.4 Å². The van der Waals surface area contributed by atoms with Gasteiger partial charge in [-0.25, -0.2) is 14.6 Å². The number of carbonyl (C=O) groups is 3. The van der Waals surface area contributed by atoms with Crippen molar-refractivity contribution in [3.63, 3.8) is 0 Å². The number of aliphatic hydroxyl groups is 1. The molecule has 3 heterocycles. The fourth-order valence-electron chi connectivity index (χ4n) is 6.12. The van der Waals surface area contributed by atoms with Crippen LogP contribution in [-0.4, -0.2) is 113 Å². The molecule has 0 spiro atoms. The highest BCUT2D eigenvalue weighted by Gasteiger charge is 2.44. The lowest BCUT2D eigenvalue weighted by Crippen LogP contribution is -2.59. The molecule has 17 heteroatoms. The highest BCUT2D eigenvalue weighted by atomic mass is 16.7. The van der Waals surface area contributed by atoms with Gasteiger partial charge in [0, 0.05) is 18.7 Å². The molecule has 2 aromatic carbocycles. The molecule has 2 aliphatic rings. The number of aryl methyl sites for hydroxylation is 1. The topological polar surface area (TPSA) is 201 Å². The minimum Gasteiger partial charge on any atom is -0.497 e. The van der Waals surface area contributed by atoms with Gasteiger partial charge in [0.15, 0.2) is 6.29 Å². The summed E-state index contributed by atoms with van der Waals surface area (Å²) < 4.78 is 27.0. The Hall–Kier alpha value is -4.84. The molecule has 1 unspecified atom stereocenters. The van der Waals surface area contributed by atoms with Gasteiger partial charge in [0.25, 0.3) is 5.91 Å². The van der Waals surface area contributed by atoms with E-state index in [0.717, 1.165) is 16.7 Å². The number of hydrogen-bond acceptors (Lipinski definition) is 13. The number of aliphatic hydroxyl groups excluding tert-OH is 1. The number of fused-ring (bicyclic) bond motifs is 1. The zero-order valence-corrected chi connectivity index (χ0v) is 30.3. The monoisotopic (exact) mass is 724 g/mol. The fraction of sp³-hybridized carbons (Fsp3) is 0.543. The van der Waals surface area contributed by atoms with Gasteiger partial charge in [-0.15, -0.1) is 10.2 Å². The standard InChI is InChI=1S/C35H48N8O9/c1-35(2,3)29(37-33(46)49-6)31(45)40-43(18-22-7-11-23(12-8-22)30-38-41-42(4)39-30)19-27(44)26(17-21-9-13-24(48-5)14-10-21)36-34(47)52-28-20-51-32-25(28)15-16-50-32/h7-14,25-29,32,44H,15-20H2,1-6H3,(H,36,47)(H,37,46)(H,40,45)/t25-,26-,27-,28-,29?,32+/m0/s1. The summed E-state index contributed by atoms with van der Waals surface area (Å²) in [6, 6.07) is 12.8. The lowest BCUT2D eigenvalue weighted by molar-refractivity contribution is -0.131. The van der Waals surface area contributed by atoms with Gasteiger partial charge in [-0.3, -0.25) is 10.2 Å². The van der Waals surface area contributed by atoms with Gasteiger partial charge in [-0.05, 0) is 46.7 Å². The minimum atomic E-state index is -1.22. The third kappa shape index (κ3) is 10.1. The number of hydrogen-bond donors (Lipinski definition) is 4. The number of hydrazine groups is 1. The molecule has 0 aliphatic carbocycles. The maximum atomic E-state index is 13.8. The Morgan fingerprint density at radius 1 is 1.02 bits per heavy atom. The molecule has 2 saturated heterocycles. The maximum Gasteiger partial charge on any atom is 0.407 e. The quantitative estimate of drug-likeness (QED) is 0.176. The lowest BCUT2D eigenvalue weighted by Gasteiger charge is -2.34. The largest absolute Gasteiger partial charge is 0.497 e. The van der Waals surface area contributed by atoms with Crippen LogP contribution in [0.4, 0.5) is 9.59 Å². The van der Waals surface area contributed by atoms with Crippen molar-refractivity contribution in [2.24, 2.45) is 18.4 Å². The number of alkyl carbamates (subject to hydrolysis) is 2. The lowest BCUT2D eigenvalue weighted by atomic mass is 9.86. The molecule has 17 nitrogen and oxygen atoms in total. The highest BCUT2D eigenvalue weighted by molar-refractivity contribution is 5.86. The zero-order valence-electron chi connectivity index (χ0n) is 30.3. The zero-order chi connectivity index (χ0) is 37.4. The van der Waals surface area contributed by atoms with E-state index >= 15 is 0 Å². The Morgan fingerprint density at radius 2 is 1.73 bits per heavy atom. The maximum absolute atomic E-state index is 13.8. The van der Waals surface area contributed by atoms with Gasteiger partial charge in [0.1, 0.15) is 17.9 Å². The molecule has 0 radical (unpaired) electrons. The first kappa shape index (κ1) is 38.4. The number of tetrazole rings is 1. The molecule has 2 fully saturated rings. The van der Waals surface area contributed by atoms with Crippen molar-refractivity contribution in [2.75, 3.05) is 34.0 Å². The first-order chi connectivity index (χ1) is 24.8. The summed E-state index contributed by atoms with van der Waals surface area (Å²) >= 11 is 0. The molecule has 1 aromatic heterocycles. The van der Waals surface area contributed by atoms with E-state index in [1.165, 1.54) is 11.9 Å². The summed E-state index contributed by atoms with van der Waals surface area (Å²) in [5.74, 6) is 0.522. The van der Waals surface area contributed by atoms with E-state index in [2.05, 4.69) is 31.5 Å². The van der Waals surface area contributed by atoms with Gasteiger partial charge in [-0.1, -0.05) is 57.2 Å². The minimum absolute atomic E-state index is 0.0631. The van der Waals surface area contributed by atoms with Crippen LogP contribution in [0, 0.1) is 11.3 Å². The number of aromatic nitrogens is 4. The van der Waals surface area contributed by atoms with Crippen molar-refractivity contribution in [3.05, 3.63) is 59.7 Å². The van der Waals surface area contributed by atoms with Crippen LogP contribution >= 0.6 is 0 Å². The predicted molar refractivity (Wildman–Crippen MR) is 185 cm³/mol. The molecule has 4 N–H and O–H groups in total. The van der Waals surface area contributed by atoms with Gasteiger partial charge in [0.05, 0.1) is 52.5 Å². The average molecular weight is 725 g/mol. The van der Waals surface area contributed by atoms with Crippen LogP contribution in [0.15, 0.2) is 48.5 Å². The number of nitrogens with zero attached hydrogens (tertiary/aromatic N) is 5. The molecule has 3 aromatic rings. The molecular weight excluding hydrogens is 676 g/mol. The number of nitrogens with one attached hydrogen (secondary N) is 3. The van der Waals surface area contributed by atoms with E-state index in [1.54, 1.807) is 52.1 Å². The van der Waals surface area contributed by atoms with Crippen molar-refractivity contribution in [1.82, 2.24) is 41.3 Å². The molecular formula is C35H48N8O9. The Morgan fingerprint density at radius 3 is 2.37 bits per heavy atom. The first-order valence-electron chi connectivity index (χ1n) is 17.1. The van der Waals surface area contributed by atoms with E-state index in [0.29, 0.717) is 24.6 Å². The summed E-state index contributed by atoms with van der Waals surface area (Å²) in [6.45, 7) is 6.19. The van der Waals surface area contributed by atoms with Crippen LogP contribution in [0.5, 0.6) is 5.75 Å². The van der Waals surface area contributed by atoms with Crippen LogP contribution < -0.4 is 20.8 Å². The second-order valence-electron chi connectivity index (χ2n) is 13.9. The molecule has 0 saturated carbocycles. The third-order valence-electron chi connectivity index (χ3n) is 8.97. The first-order valence-corrected chi connectivity index (χ1v) is 17.1. The van der Waals surface area contributed by atoms with Gasteiger partial charge >= 0.3 is 12.2 Å². The second-order valence-corrected chi connectivity index (χ2v) is 13.9. The molecule has 282 valence electrons. The van der Waals surface area contributed by atoms with Crippen LogP contribution in [-0.2, 0) is 43.8 Å². The molecule has 5 rings (SSSR count). The number of ether oxygens (including phenoxy) is 5. The average Bonchev–Trinajstić information content (AvgIpc) is 3.86. The second kappa shape index (κ2) is 17.1. The molecule has 52 heavy (non-hydrogen) atoms. The van der Waals surface area contributed by atoms with Gasteiger partial charge in [0.2, 0.25) is 5.82 Å². The Bertz CT molecular complexity index is 1650. The summed E-state index contributed by atoms with van der Waals surface area (Å²) in [7, 11) is 4.46. The van der Waals surface area contributed by atoms with Gasteiger partial charge in [-0.2, -0.15) is 4.80 Å². The van der Waals surface area contributed by atoms with Crippen molar-refractivity contribution >= 4 is 18.1 Å². The molecule has 6 atom stereocenters. The molecule has 0 bridgehead atoms. The predicted octanol–water partition coefficient (Wildman–Crippen LogP) is 1.95. The number of amides is 3. The third-order valence-corrected chi connectivity index (χ3v) is 8.97. The summed E-state index contributed by atoms with van der Waals surface area (Å²) in [5.41, 5.74) is 4.52. The van der Waals surface area contributed by atoms with E-state index < -0.39 is 54.1 Å². The Labute approximate surface area is 302 Å². The number of benzene rings is 2. The summed E-state index contributed by atoms with van der Waals surface area (Å²) in [5, 5.41) is 31.0. The summed E-state index contributed by atoms with van der Waals surface area (Å²) in [4.78, 5) is 40.7. The van der Waals surface area contributed by atoms with Crippen molar-refractivity contribution in [1.29, 1.82) is 0 Å². The van der Waals surface area contributed by atoms with Crippen molar-refractivity contribution in [2.45, 2.75) is 70.7 Å². The van der Waals surface area contributed by atoms with E-state index in [9.17, 15) is 19.5 Å². The van der Waals surface area contributed by atoms with E-state index in [-0.39, 0.29) is 32.0 Å². The van der Waals surface area contributed by atoms with Crippen molar-refractivity contribution < 1.29 is 43.2 Å². The highest BCUT2D eigenvalue weighted by Crippen LogP contribution is 2.33. The summed E-state index contributed by atoms with van der Waals surface area (Å²) in [6.07, 6.45) is -2.63. The number of rotatable bonds is 14. The molecule has 2 aliphatic heterocycles.